The Labute approximate surface area is 187 Å². The fourth-order valence-corrected chi connectivity index (χ4v) is 5.65. The first-order valence-corrected chi connectivity index (χ1v) is 11.4. The molecule has 0 aromatic heterocycles. The van der Waals surface area contributed by atoms with Crippen molar-refractivity contribution < 1.29 is 35.9 Å². The monoisotopic (exact) mass is 483 g/mol. The Hall–Kier alpha value is -3.28. The Morgan fingerprint density at radius 3 is 2.45 bits per heavy atom. The van der Waals surface area contributed by atoms with E-state index in [4.69, 9.17) is 4.74 Å². The summed E-state index contributed by atoms with van der Waals surface area (Å²) < 4.78 is 72.7. The molecule has 1 atom stereocenters. The number of ether oxygens (including phenoxy) is 1. The number of imide groups is 1. The number of rotatable bonds is 4. The van der Waals surface area contributed by atoms with E-state index in [1.54, 1.807) is 0 Å². The van der Waals surface area contributed by atoms with Crippen molar-refractivity contribution in [3.8, 4) is 5.75 Å². The van der Waals surface area contributed by atoms with E-state index in [-0.39, 0.29) is 34.0 Å². The number of carbonyl (C=O) groups is 2. The average Bonchev–Trinajstić information content (AvgIpc) is 3.03. The van der Waals surface area contributed by atoms with Crippen LogP contribution < -0.4 is 19.7 Å². The van der Waals surface area contributed by atoms with Gasteiger partial charge < -0.3 is 10.1 Å². The van der Waals surface area contributed by atoms with E-state index < -0.39 is 39.2 Å². The van der Waals surface area contributed by atoms with Crippen LogP contribution in [0.15, 0.2) is 41.3 Å². The molecule has 0 unspecified atom stereocenters. The van der Waals surface area contributed by atoms with E-state index in [1.165, 1.54) is 32.2 Å². The Balaban J connectivity index is 1.80. The van der Waals surface area contributed by atoms with Crippen molar-refractivity contribution in [1.82, 2.24) is 10.6 Å². The highest BCUT2D eigenvalue weighted by Gasteiger charge is 2.46. The molecule has 2 N–H and O–H groups in total. The number of anilines is 1. The second-order valence-corrected chi connectivity index (χ2v) is 9.78. The van der Waals surface area contributed by atoms with Crippen molar-refractivity contribution in [2.75, 3.05) is 18.0 Å². The first-order chi connectivity index (χ1) is 15.4. The Morgan fingerprint density at radius 2 is 1.85 bits per heavy atom. The van der Waals surface area contributed by atoms with Gasteiger partial charge >= 0.3 is 12.2 Å². The molecule has 12 heteroatoms. The molecular weight excluding hydrogens is 463 g/mol. The van der Waals surface area contributed by atoms with E-state index in [0.29, 0.717) is 12.8 Å². The Morgan fingerprint density at radius 1 is 1.12 bits per heavy atom. The highest BCUT2D eigenvalue weighted by atomic mass is 32.2. The first kappa shape index (κ1) is 22.9. The molecule has 176 valence electrons. The smallest absolute Gasteiger partial charge is 0.416 e. The molecular formula is C21H20F3N3O5S. The zero-order valence-electron chi connectivity index (χ0n) is 17.6. The lowest BCUT2D eigenvalue weighted by Crippen LogP contribution is -2.41. The van der Waals surface area contributed by atoms with Crippen LogP contribution in [0.3, 0.4) is 0 Å². The second-order valence-electron chi connectivity index (χ2n) is 7.92. The number of carbonyl (C=O) groups excluding carboxylic acids is 2. The lowest BCUT2D eigenvalue weighted by Gasteiger charge is -2.31. The summed E-state index contributed by atoms with van der Waals surface area (Å²) in [6.45, 7) is 1.49. The van der Waals surface area contributed by atoms with Crippen LogP contribution in [0.4, 0.5) is 23.7 Å². The minimum absolute atomic E-state index is 0.0799. The van der Waals surface area contributed by atoms with Gasteiger partial charge in [-0.25, -0.2) is 13.2 Å². The SMILES string of the molecule is COc1ccc(S(=O)(=O)N2CCCc3cc(C(F)(F)F)ccc32)cc1[C@]1(C)NC(=O)NC1=O. The molecule has 0 bridgehead atoms. The summed E-state index contributed by atoms with van der Waals surface area (Å²) in [5.74, 6) is -0.494. The number of amides is 3. The molecule has 1 saturated heterocycles. The first-order valence-electron chi connectivity index (χ1n) is 9.93. The number of urea groups is 1. The molecule has 3 amide bonds. The number of hydrogen-bond acceptors (Lipinski definition) is 5. The molecule has 2 aliphatic heterocycles. The van der Waals surface area contributed by atoms with Crippen LogP contribution in [-0.4, -0.2) is 34.0 Å². The van der Waals surface area contributed by atoms with Gasteiger partial charge in [0.05, 0.1) is 23.3 Å². The van der Waals surface area contributed by atoms with Gasteiger partial charge in [0.15, 0.2) is 0 Å². The quantitative estimate of drug-likeness (QED) is 0.651. The lowest BCUT2D eigenvalue weighted by atomic mass is 9.91. The van der Waals surface area contributed by atoms with Gasteiger partial charge in [0.1, 0.15) is 11.3 Å². The zero-order chi connectivity index (χ0) is 24.2. The molecule has 8 nitrogen and oxygen atoms in total. The van der Waals surface area contributed by atoms with Gasteiger partial charge in [-0.05, 0) is 61.7 Å². The number of sulfonamides is 1. The molecule has 2 aliphatic rings. The molecule has 0 radical (unpaired) electrons. The number of fused-ring (bicyclic) bond motifs is 1. The average molecular weight is 483 g/mol. The molecule has 4 rings (SSSR count). The third kappa shape index (κ3) is 3.77. The Kier molecular flexibility index (Phi) is 5.31. The van der Waals surface area contributed by atoms with E-state index in [0.717, 1.165) is 22.5 Å². The number of aryl methyl sites for hydroxylation is 1. The molecule has 33 heavy (non-hydrogen) atoms. The zero-order valence-corrected chi connectivity index (χ0v) is 18.4. The van der Waals surface area contributed by atoms with E-state index in [1.807, 2.05) is 0 Å². The predicted octanol–water partition coefficient (Wildman–Crippen LogP) is 2.91. The van der Waals surface area contributed by atoms with Gasteiger partial charge in [0, 0.05) is 12.1 Å². The fourth-order valence-electron chi connectivity index (χ4n) is 4.09. The third-order valence-electron chi connectivity index (χ3n) is 5.83. The summed E-state index contributed by atoms with van der Waals surface area (Å²) in [6.07, 6.45) is -3.89. The van der Waals surface area contributed by atoms with Crippen LogP contribution in [-0.2, 0) is 33.0 Å². The van der Waals surface area contributed by atoms with E-state index in [9.17, 15) is 31.2 Å². The van der Waals surface area contributed by atoms with Crippen molar-refractivity contribution in [1.29, 1.82) is 0 Å². The van der Waals surface area contributed by atoms with Crippen molar-refractivity contribution >= 4 is 27.6 Å². The molecule has 2 heterocycles. The largest absolute Gasteiger partial charge is 0.496 e. The minimum atomic E-state index is -4.54. The van der Waals surface area contributed by atoms with E-state index >= 15 is 0 Å². The highest BCUT2D eigenvalue weighted by Crippen LogP contribution is 2.39. The maximum atomic E-state index is 13.5. The van der Waals surface area contributed by atoms with Gasteiger partial charge in [0.2, 0.25) is 0 Å². The molecule has 0 saturated carbocycles. The summed E-state index contributed by atoms with van der Waals surface area (Å²) in [7, 11) is -2.87. The van der Waals surface area contributed by atoms with Crippen LogP contribution in [0.5, 0.6) is 5.75 Å². The summed E-state index contributed by atoms with van der Waals surface area (Å²) in [4.78, 5) is 23.9. The normalized spacial score (nSPS) is 20.8. The second kappa shape index (κ2) is 7.65. The number of benzene rings is 2. The van der Waals surface area contributed by atoms with Gasteiger partial charge in [-0.15, -0.1) is 0 Å². The van der Waals surface area contributed by atoms with Crippen LogP contribution in [0.25, 0.3) is 0 Å². The molecule has 2 aromatic carbocycles. The lowest BCUT2D eigenvalue weighted by molar-refractivity contribution is -0.137. The van der Waals surface area contributed by atoms with Crippen molar-refractivity contribution in [3.63, 3.8) is 0 Å². The molecule has 2 aromatic rings. The maximum Gasteiger partial charge on any atom is 0.416 e. The number of halogens is 3. The van der Waals surface area contributed by atoms with Gasteiger partial charge in [-0.1, -0.05) is 0 Å². The van der Waals surface area contributed by atoms with Crippen LogP contribution in [0.1, 0.15) is 30.0 Å². The van der Waals surface area contributed by atoms with Crippen LogP contribution in [0, 0.1) is 0 Å². The predicted molar refractivity (Wildman–Crippen MR) is 111 cm³/mol. The van der Waals surface area contributed by atoms with Crippen LogP contribution in [0.2, 0.25) is 0 Å². The third-order valence-corrected chi connectivity index (χ3v) is 7.63. The highest BCUT2D eigenvalue weighted by molar-refractivity contribution is 7.92. The van der Waals surface area contributed by atoms with Crippen molar-refractivity contribution in [2.24, 2.45) is 0 Å². The van der Waals surface area contributed by atoms with Gasteiger partial charge in [-0.3, -0.25) is 14.4 Å². The van der Waals surface area contributed by atoms with Crippen molar-refractivity contribution in [3.05, 3.63) is 53.1 Å². The molecule has 0 aliphatic carbocycles. The number of nitrogens with one attached hydrogen (secondary N) is 2. The number of methoxy groups -OCH3 is 1. The summed E-state index contributed by atoms with van der Waals surface area (Å²) >= 11 is 0. The number of hydrogen-bond donors (Lipinski definition) is 2. The number of alkyl halides is 3. The minimum Gasteiger partial charge on any atom is -0.496 e. The van der Waals surface area contributed by atoms with Gasteiger partial charge in [0.25, 0.3) is 15.9 Å². The standard InChI is InChI=1S/C21H20F3N3O5S/c1-20(18(28)25-19(29)26-20)15-11-14(6-8-17(15)32-2)33(30,31)27-9-3-4-12-10-13(21(22,23)24)5-7-16(12)27/h5-8,10-11H,3-4,9H2,1-2H3,(H2,25,26,28,29)/t20-/m0/s1. The summed E-state index contributed by atoms with van der Waals surface area (Å²) in [5, 5.41) is 4.58. The van der Waals surface area contributed by atoms with Crippen LogP contribution >= 0.6 is 0 Å². The molecule has 1 fully saturated rings. The summed E-state index contributed by atoms with van der Waals surface area (Å²) in [6, 6.07) is 6.13. The maximum absolute atomic E-state index is 13.5. The summed E-state index contributed by atoms with van der Waals surface area (Å²) in [5.41, 5.74) is -1.84. The molecule has 0 spiro atoms. The number of nitrogens with zero attached hydrogens (tertiary/aromatic N) is 1. The van der Waals surface area contributed by atoms with Gasteiger partial charge in [-0.2, -0.15) is 13.2 Å². The van der Waals surface area contributed by atoms with E-state index in [2.05, 4.69) is 10.6 Å². The fraction of sp³-hybridized carbons (Fsp3) is 0.333. The Bertz CT molecular complexity index is 1260. The van der Waals surface area contributed by atoms with Crippen molar-refractivity contribution in [2.45, 2.75) is 36.4 Å². The topological polar surface area (TPSA) is 105 Å².